The van der Waals surface area contributed by atoms with E-state index in [1.165, 1.54) is 0 Å². The number of carbonyl (C=O) groups excluding carboxylic acids is 2. The molecular formula is C21H18N2O4. The normalized spacial score (nSPS) is 26.2. The van der Waals surface area contributed by atoms with Crippen LogP contribution in [-0.2, 0) is 14.3 Å². The maximum absolute atomic E-state index is 13.1. The zero-order valence-corrected chi connectivity index (χ0v) is 15.0. The number of fused-ring (bicyclic) bond motifs is 4. The molecule has 136 valence electrons. The monoisotopic (exact) mass is 362 g/mol. The average molecular weight is 362 g/mol. The highest BCUT2D eigenvalue weighted by molar-refractivity contribution is 6.18. The van der Waals surface area contributed by atoms with Gasteiger partial charge in [0.15, 0.2) is 11.4 Å². The van der Waals surface area contributed by atoms with Gasteiger partial charge < -0.3 is 15.2 Å². The van der Waals surface area contributed by atoms with Crippen molar-refractivity contribution in [2.45, 2.75) is 31.9 Å². The molecule has 2 aromatic rings. The molecule has 1 aromatic carbocycles. The second kappa shape index (κ2) is 5.27. The number of aryl methyl sites for hydroxylation is 1. The first kappa shape index (κ1) is 16.2. The summed E-state index contributed by atoms with van der Waals surface area (Å²) in [6, 6.07) is 7.25. The molecule has 6 nitrogen and oxygen atoms in total. The number of carbonyl (C=O) groups is 2. The van der Waals surface area contributed by atoms with E-state index >= 15 is 0 Å². The van der Waals surface area contributed by atoms with E-state index in [1.54, 1.807) is 13.0 Å². The molecule has 2 atom stereocenters. The highest BCUT2D eigenvalue weighted by atomic mass is 16.6. The number of pyridine rings is 1. The minimum atomic E-state index is -1.80. The van der Waals surface area contributed by atoms with Crippen molar-refractivity contribution < 1.29 is 19.4 Å². The van der Waals surface area contributed by atoms with Crippen LogP contribution >= 0.6 is 0 Å². The molecule has 3 heterocycles. The number of anilines is 1. The Balaban J connectivity index is 1.76. The number of nitrogens with one attached hydrogen (secondary N) is 1. The molecule has 0 radical (unpaired) electrons. The molecule has 2 N–H and O–H groups in total. The van der Waals surface area contributed by atoms with E-state index < -0.39 is 17.6 Å². The summed E-state index contributed by atoms with van der Waals surface area (Å²) in [4.78, 5) is 30.1. The van der Waals surface area contributed by atoms with Crippen molar-refractivity contribution in [3.8, 4) is 0 Å². The number of benzene rings is 1. The van der Waals surface area contributed by atoms with Crippen LogP contribution in [0.15, 0.2) is 41.5 Å². The maximum atomic E-state index is 13.1. The second-order valence-electron chi connectivity index (χ2n) is 7.20. The molecule has 2 aliphatic heterocycles. The van der Waals surface area contributed by atoms with Crippen molar-refractivity contribution in [1.82, 2.24) is 4.98 Å². The van der Waals surface area contributed by atoms with Crippen LogP contribution in [0.3, 0.4) is 0 Å². The molecule has 0 saturated heterocycles. The molecule has 0 spiro atoms. The summed E-state index contributed by atoms with van der Waals surface area (Å²) in [5.41, 5.74) is 3.00. The van der Waals surface area contributed by atoms with Crippen LogP contribution in [0.2, 0.25) is 0 Å². The van der Waals surface area contributed by atoms with E-state index in [0.29, 0.717) is 22.4 Å². The number of ether oxygens (including phenoxy) is 1. The molecule has 0 amide bonds. The van der Waals surface area contributed by atoms with Gasteiger partial charge in [-0.25, -0.2) is 9.78 Å². The van der Waals surface area contributed by atoms with Crippen molar-refractivity contribution in [3.05, 3.63) is 52.7 Å². The van der Waals surface area contributed by atoms with Crippen molar-refractivity contribution in [2.24, 2.45) is 0 Å². The lowest BCUT2D eigenvalue weighted by Gasteiger charge is -2.35. The molecular weight excluding hydrogens is 344 g/mol. The Bertz CT molecular complexity index is 1110. The van der Waals surface area contributed by atoms with Crippen LogP contribution in [-0.4, -0.2) is 40.1 Å². The Morgan fingerprint density at radius 2 is 2.11 bits per heavy atom. The van der Waals surface area contributed by atoms with Gasteiger partial charge in [0.05, 0.1) is 16.9 Å². The van der Waals surface area contributed by atoms with Gasteiger partial charge in [0, 0.05) is 22.1 Å². The summed E-state index contributed by atoms with van der Waals surface area (Å²) in [7, 11) is 0. The number of para-hydroxylation sites is 1. The number of nitrogens with zero attached hydrogens (tertiary/aromatic N) is 1. The van der Waals surface area contributed by atoms with Gasteiger partial charge in [0.1, 0.15) is 12.6 Å². The van der Waals surface area contributed by atoms with E-state index in [-0.39, 0.29) is 18.8 Å². The minimum absolute atomic E-state index is 0.109. The molecule has 5 rings (SSSR count). The van der Waals surface area contributed by atoms with Gasteiger partial charge in [0.25, 0.3) is 0 Å². The third kappa shape index (κ3) is 1.96. The number of rotatable bonds is 1. The zero-order valence-electron chi connectivity index (χ0n) is 15.0. The first-order chi connectivity index (χ1) is 13.0. The molecule has 0 saturated carbocycles. The number of ketones is 1. The molecule has 1 unspecified atom stereocenters. The third-order valence-corrected chi connectivity index (χ3v) is 5.85. The van der Waals surface area contributed by atoms with Crippen LogP contribution in [0.4, 0.5) is 5.69 Å². The molecule has 6 heteroatoms. The van der Waals surface area contributed by atoms with E-state index in [0.717, 1.165) is 22.2 Å². The fraction of sp³-hybridized carbons (Fsp3) is 0.286. The molecule has 3 aliphatic rings. The van der Waals surface area contributed by atoms with Gasteiger partial charge in [-0.05, 0) is 31.1 Å². The van der Waals surface area contributed by atoms with Crippen molar-refractivity contribution in [3.63, 3.8) is 0 Å². The van der Waals surface area contributed by atoms with E-state index in [1.807, 2.05) is 31.2 Å². The predicted molar refractivity (Wildman–Crippen MR) is 100 cm³/mol. The Morgan fingerprint density at radius 3 is 2.89 bits per heavy atom. The fourth-order valence-corrected chi connectivity index (χ4v) is 4.25. The summed E-state index contributed by atoms with van der Waals surface area (Å²) in [6.07, 6.45) is 1.89. The maximum Gasteiger partial charge on any atom is 0.343 e. The summed E-state index contributed by atoms with van der Waals surface area (Å²) in [6.45, 7) is 3.59. The summed E-state index contributed by atoms with van der Waals surface area (Å²) < 4.78 is 5.10. The highest BCUT2D eigenvalue weighted by Crippen LogP contribution is 2.45. The third-order valence-electron chi connectivity index (χ3n) is 5.85. The number of cyclic esters (lactones) is 1. The van der Waals surface area contributed by atoms with Gasteiger partial charge in [-0.3, -0.25) is 4.79 Å². The number of esters is 1. The van der Waals surface area contributed by atoms with Crippen LogP contribution in [0.5, 0.6) is 0 Å². The lowest BCUT2D eigenvalue weighted by atomic mass is 9.77. The van der Waals surface area contributed by atoms with Gasteiger partial charge >= 0.3 is 5.97 Å². The smallest absolute Gasteiger partial charge is 0.343 e. The second-order valence-corrected chi connectivity index (χ2v) is 7.20. The fourth-order valence-electron chi connectivity index (χ4n) is 4.25. The lowest BCUT2D eigenvalue weighted by molar-refractivity contribution is -0.163. The van der Waals surface area contributed by atoms with Crippen LogP contribution in [0, 0.1) is 6.92 Å². The van der Waals surface area contributed by atoms with Gasteiger partial charge in [0.2, 0.25) is 0 Å². The number of Topliss-reactive ketones (excluding diaryl/α,β-unsaturated/α-hetero) is 1. The summed E-state index contributed by atoms with van der Waals surface area (Å²) in [5, 5.41) is 15.2. The molecule has 0 bridgehead atoms. The Kier molecular flexibility index (Phi) is 3.16. The van der Waals surface area contributed by atoms with E-state index in [2.05, 4.69) is 5.32 Å². The van der Waals surface area contributed by atoms with Crippen molar-refractivity contribution in [1.29, 1.82) is 0 Å². The largest absolute Gasteiger partial charge is 0.458 e. The zero-order chi connectivity index (χ0) is 18.9. The molecule has 27 heavy (non-hydrogen) atoms. The topological polar surface area (TPSA) is 88.5 Å². The summed E-state index contributed by atoms with van der Waals surface area (Å²) in [5.74, 6) is -0.885. The van der Waals surface area contributed by atoms with Gasteiger partial charge in [-0.2, -0.15) is 0 Å². The first-order valence-corrected chi connectivity index (χ1v) is 9.01. The number of hydrogen-bond acceptors (Lipinski definition) is 6. The number of aliphatic hydroxyl groups is 1. The van der Waals surface area contributed by atoms with Crippen LogP contribution < -0.4 is 5.32 Å². The number of aromatic nitrogens is 1. The molecule has 1 aliphatic carbocycles. The Hall–Kier alpha value is -2.99. The summed E-state index contributed by atoms with van der Waals surface area (Å²) >= 11 is 0. The SMILES string of the molecule is CC[C@@]1(O)C(=O)OCC2=C1C=C1c3nc4ccccc4c(C)c3NC1C2=O. The quantitative estimate of drug-likeness (QED) is 0.757. The van der Waals surface area contributed by atoms with E-state index in [4.69, 9.17) is 9.72 Å². The van der Waals surface area contributed by atoms with E-state index in [9.17, 15) is 14.7 Å². The van der Waals surface area contributed by atoms with Gasteiger partial charge in [-0.15, -0.1) is 0 Å². The Morgan fingerprint density at radius 1 is 1.33 bits per heavy atom. The van der Waals surface area contributed by atoms with Crippen molar-refractivity contribution >= 4 is 33.9 Å². The number of hydrogen-bond donors (Lipinski definition) is 2. The van der Waals surface area contributed by atoms with Crippen LogP contribution in [0.1, 0.15) is 24.6 Å². The van der Waals surface area contributed by atoms with Gasteiger partial charge in [-0.1, -0.05) is 25.1 Å². The average Bonchev–Trinajstić information content (AvgIpc) is 3.05. The molecule has 0 fully saturated rings. The first-order valence-electron chi connectivity index (χ1n) is 9.01. The Labute approximate surface area is 155 Å². The molecule has 1 aromatic heterocycles. The van der Waals surface area contributed by atoms with Crippen molar-refractivity contribution in [2.75, 3.05) is 11.9 Å². The highest BCUT2D eigenvalue weighted by Gasteiger charge is 2.50. The lowest BCUT2D eigenvalue weighted by Crippen LogP contribution is -2.49. The minimum Gasteiger partial charge on any atom is -0.458 e. The van der Waals surface area contributed by atoms with Crippen LogP contribution in [0.25, 0.3) is 16.5 Å². The predicted octanol–water partition coefficient (Wildman–Crippen LogP) is 2.30. The standard InChI is InChI=1S/C21H18N2O4/c1-3-21(26)14-8-12-17-16(10(2)11-6-4-5-7-15(11)22-17)23-18(12)19(24)13(14)9-27-20(21)25/h4-8,18,23,26H,3,9H2,1-2H3/t18?,21-/m0/s1.